The molecule has 1 aromatic carbocycles. The summed E-state index contributed by atoms with van der Waals surface area (Å²) >= 11 is 0. The van der Waals surface area contributed by atoms with Crippen LogP contribution in [-0.4, -0.2) is 30.7 Å². The van der Waals surface area contributed by atoms with Crippen molar-refractivity contribution in [1.82, 2.24) is 0 Å². The van der Waals surface area contributed by atoms with Gasteiger partial charge in [-0.15, -0.1) is 0 Å². The van der Waals surface area contributed by atoms with Crippen molar-refractivity contribution in [3.8, 4) is 0 Å². The quantitative estimate of drug-likeness (QED) is 0.546. The highest BCUT2D eigenvalue weighted by Gasteiger charge is 2.05. The molecule has 0 amide bonds. The minimum Gasteiger partial charge on any atom is -0.478 e. The lowest BCUT2D eigenvalue weighted by molar-refractivity contribution is -0.900. The van der Waals surface area contributed by atoms with Gasteiger partial charge in [0, 0.05) is 0 Å². The molecule has 0 unspecified atom stereocenters. The van der Waals surface area contributed by atoms with Crippen LogP contribution in [0.4, 0.5) is 0 Å². The number of unbranched alkanes of at least 4 members (excludes halogenated alkanes) is 4. The third-order valence-corrected chi connectivity index (χ3v) is 4.17. The van der Waals surface area contributed by atoms with E-state index in [1.165, 1.54) is 71.0 Å². The molecule has 0 saturated heterocycles. The fourth-order valence-corrected chi connectivity index (χ4v) is 2.24. The van der Waals surface area contributed by atoms with Crippen molar-refractivity contribution in [2.24, 2.45) is 0 Å². The van der Waals surface area contributed by atoms with E-state index in [4.69, 9.17) is 5.11 Å². The fraction of sp³-hybridized carbons (Fsp3) is 0.696. The zero-order chi connectivity index (χ0) is 20.0. The van der Waals surface area contributed by atoms with Crippen molar-refractivity contribution in [1.29, 1.82) is 0 Å². The highest BCUT2D eigenvalue weighted by Crippen LogP contribution is 1.96. The van der Waals surface area contributed by atoms with Crippen molar-refractivity contribution < 1.29 is 14.8 Å². The maximum Gasteiger partial charge on any atom is 0.335 e. The molecule has 0 aliphatic rings. The molecule has 0 heterocycles. The molecule has 0 spiro atoms. The zero-order valence-electron chi connectivity index (χ0n) is 18.0. The summed E-state index contributed by atoms with van der Waals surface area (Å²) in [6.07, 6.45) is 10.9. The molecule has 0 fully saturated rings. The number of quaternary nitrogens is 1. The van der Waals surface area contributed by atoms with E-state index >= 15 is 0 Å². The lowest BCUT2D eigenvalue weighted by Crippen LogP contribution is -3.12. The Bertz CT molecular complexity index is 371. The van der Waals surface area contributed by atoms with Gasteiger partial charge in [-0.3, -0.25) is 0 Å². The predicted octanol–water partition coefficient (Wildman–Crippen LogP) is 5.46. The Morgan fingerprint density at radius 2 is 1.12 bits per heavy atom. The zero-order valence-corrected chi connectivity index (χ0v) is 18.0. The molecular weight excluding hydrogens is 322 g/mol. The molecule has 152 valence electrons. The maximum absolute atomic E-state index is 10.2. The van der Waals surface area contributed by atoms with E-state index in [-0.39, 0.29) is 0 Å². The largest absolute Gasteiger partial charge is 0.478 e. The van der Waals surface area contributed by atoms with Gasteiger partial charge >= 0.3 is 5.97 Å². The van der Waals surface area contributed by atoms with Gasteiger partial charge in [0.2, 0.25) is 0 Å². The summed E-state index contributed by atoms with van der Waals surface area (Å²) in [4.78, 5) is 12.0. The van der Waals surface area contributed by atoms with Crippen LogP contribution in [0.25, 0.3) is 0 Å². The van der Waals surface area contributed by atoms with Crippen LogP contribution in [-0.2, 0) is 0 Å². The number of benzene rings is 1. The van der Waals surface area contributed by atoms with Crippen LogP contribution >= 0.6 is 0 Å². The van der Waals surface area contributed by atoms with Gasteiger partial charge < -0.3 is 10.0 Å². The number of hydrogen-bond donors (Lipinski definition) is 2. The lowest BCUT2D eigenvalue weighted by atomic mass is 10.2. The van der Waals surface area contributed by atoms with Crippen LogP contribution in [0.3, 0.4) is 0 Å². The topological polar surface area (TPSA) is 41.7 Å². The van der Waals surface area contributed by atoms with E-state index in [0.717, 1.165) is 0 Å². The molecule has 0 saturated carbocycles. The summed E-state index contributed by atoms with van der Waals surface area (Å²) < 4.78 is 0. The Morgan fingerprint density at radius 3 is 1.35 bits per heavy atom. The highest BCUT2D eigenvalue weighted by molar-refractivity contribution is 5.87. The first kappa shape index (κ1) is 26.9. The standard InChI is InChI=1S/C12H27N.C7H6O2.C4H10/c1-4-7-10-13(11-8-5-2)12-9-6-3;8-7(9)6-4-2-1-3-5-6;1-3-4-2/h4-12H2,1-3H3;1-5H,(H,8,9);3-4H2,1-2H3/p+1. The molecule has 0 aliphatic heterocycles. The van der Waals surface area contributed by atoms with E-state index in [1.807, 2.05) is 4.90 Å². The Hall–Kier alpha value is -1.35. The second-order valence-corrected chi connectivity index (χ2v) is 6.73. The van der Waals surface area contributed by atoms with Gasteiger partial charge in [0.15, 0.2) is 0 Å². The molecule has 26 heavy (non-hydrogen) atoms. The average Bonchev–Trinajstić information content (AvgIpc) is 2.68. The normalized spacial score (nSPS) is 9.77. The third-order valence-electron chi connectivity index (χ3n) is 4.17. The van der Waals surface area contributed by atoms with Gasteiger partial charge in [0.05, 0.1) is 25.2 Å². The summed E-state index contributed by atoms with van der Waals surface area (Å²) in [5.41, 5.74) is 0.331. The third kappa shape index (κ3) is 19.0. The molecule has 1 rings (SSSR count). The average molecular weight is 367 g/mol. The minimum atomic E-state index is -0.879. The highest BCUT2D eigenvalue weighted by atomic mass is 16.4. The molecule has 0 bridgehead atoms. The van der Waals surface area contributed by atoms with Gasteiger partial charge in [-0.05, 0) is 31.4 Å². The molecule has 3 nitrogen and oxygen atoms in total. The second-order valence-electron chi connectivity index (χ2n) is 6.73. The molecule has 0 radical (unpaired) electrons. The molecule has 0 aliphatic carbocycles. The van der Waals surface area contributed by atoms with Crippen molar-refractivity contribution >= 4 is 5.97 Å². The summed E-state index contributed by atoms with van der Waals surface area (Å²) in [7, 11) is 0. The number of carbonyl (C=O) groups is 1. The summed E-state index contributed by atoms with van der Waals surface area (Å²) in [5.74, 6) is -0.879. The van der Waals surface area contributed by atoms with Crippen molar-refractivity contribution in [2.75, 3.05) is 19.6 Å². The molecule has 1 aromatic rings. The van der Waals surface area contributed by atoms with E-state index in [9.17, 15) is 4.79 Å². The van der Waals surface area contributed by atoms with Gasteiger partial charge in [-0.1, -0.05) is 84.9 Å². The minimum absolute atomic E-state index is 0.331. The number of rotatable bonds is 11. The SMILES string of the molecule is CCCC.CCCC[NH+](CCCC)CCCC.O=C(O)c1ccccc1. The van der Waals surface area contributed by atoms with Crippen molar-refractivity contribution in [3.05, 3.63) is 35.9 Å². The van der Waals surface area contributed by atoms with Gasteiger partial charge in [0.25, 0.3) is 0 Å². The van der Waals surface area contributed by atoms with Crippen LogP contribution in [0, 0.1) is 0 Å². The first-order valence-corrected chi connectivity index (χ1v) is 10.7. The Balaban J connectivity index is 0. The summed E-state index contributed by atoms with van der Waals surface area (Å²) in [6.45, 7) is 15.4. The van der Waals surface area contributed by atoms with Gasteiger partial charge in [0.1, 0.15) is 0 Å². The first-order chi connectivity index (χ1) is 12.6. The van der Waals surface area contributed by atoms with Gasteiger partial charge in [-0.25, -0.2) is 4.79 Å². The number of nitrogens with one attached hydrogen (secondary N) is 1. The molecule has 0 atom stereocenters. The number of aromatic carboxylic acids is 1. The monoisotopic (exact) mass is 366 g/mol. The number of hydrogen-bond acceptors (Lipinski definition) is 1. The summed E-state index contributed by atoms with van der Waals surface area (Å²) in [5, 5.41) is 8.38. The Kier molecular flexibility index (Phi) is 22.4. The van der Waals surface area contributed by atoms with E-state index < -0.39 is 5.97 Å². The van der Waals surface area contributed by atoms with Crippen molar-refractivity contribution in [2.45, 2.75) is 86.0 Å². The van der Waals surface area contributed by atoms with Crippen LogP contribution in [0.2, 0.25) is 0 Å². The van der Waals surface area contributed by atoms with Crippen molar-refractivity contribution in [3.63, 3.8) is 0 Å². The molecule has 3 heteroatoms. The summed E-state index contributed by atoms with van der Waals surface area (Å²) in [6, 6.07) is 8.30. The fourth-order valence-electron chi connectivity index (χ4n) is 2.24. The lowest BCUT2D eigenvalue weighted by Gasteiger charge is -2.18. The number of carboxylic acids is 1. The maximum atomic E-state index is 10.2. The van der Waals surface area contributed by atoms with E-state index in [0.29, 0.717) is 5.56 Å². The second kappa shape index (κ2) is 21.7. The molecule has 2 N–H and O–H groups in total. The Labute approximate surface area is 162 Å². The van der Waals surface area contributed by atoms with E-state index in [1.54, 1.807) is 30.3 Å². The smallest absolute Gasteiger partial charge is 0.335 e. The van der Waals surface area contributed by atoms with Crippen LogP contribution in [0.1, 0.15) is 96.3 Å². The predicted molar refractivity (Wildman–Crippen MR) is 114 cm³/mol. The molecule has 0 aromatic heterocycles. The molecular formula is C23H44NO2+. The van der Waals surface area contributed by atoms with Crippen LogP contribution in [0.5, 0.6) is 0 Å². The Morgan fingerprint density at radius 1 is 0.731 bits per heavy atom. The number of carboxylic acid groups (broad SMARTS) is 1. The first-order valence-electron chi connectivity index (χ1n) is 10.7. The van der Waals surface area contributed by atoms with E-state index in [2.05, 4.69) is 34.6 Å². The van der Waals surface area contributed by atoms with Crippen LogP contribution < -0.4 is 4.90 Å². The van der Waals surface area contributed by atoms with Gasteiger partial charge in [-0.2, -0.15) is 0 Å². The van der Waals surface area contributed by atoms with Crippen LogP contribution in [0.15, 0.2) is 30.3 Å².